The van der Waals surface area contributed by atoms with E-state index in [9.17, 15) is 10.1 Å². The number of nitro benzene ring substituents is 1. The van der Waals surface area contributed by atoms with Crippen molar-refractivity contribution in [2.45, 2.75) is 0 Å². The molecule has 102 valence electrons. The van der Waals surface area contributed by atoms with Crippen LogP contribution in [0.2, 0.25) is 0 Å². The van der Waals surface area contributed by atoms with E-state index in [4.69, 9.17) is 5.73 Å². The Hall–Kier alpha value is -2.89. The summed E-state index contributed by atoms with van der Waals surface area (Å²) in [7, 11) is 1.81. The van der Waals surface area contributed by atoms with Crippen LogP contribution in [0.5, 0.6) is 0 Å². The molecule has 0 saturated heterocycles. The van der Waals surface area contributed by atoms with Crippen LogP contribution in [-0.4, -0.2) is 17.9 Å². The highest BCUT2D eigenvalue weighted by atomic mass is 16.6. The van der Waals surface area contributed by atoms with E-state index in [0.717, 1.165) is 5.69 Å². The second kappa shape index (κ2) is 5.83. The van der Waals surface area contributed by atoms with Gasteiger partial charge in [0.1, 0.15) is 0 Å². The highest BCUT2D eigenvalue weighted by Gasteiger charge is 2.06. The number of para-hydroxylation sites is 1. The SMILES string of the molecule is CN(C(N)=Nc1ccc([N+](=O)[O-])cc1)c1ccccc1. The van der Waals surface area contributed by atoms with Gasteiger partial charge in [0.05, 0.1) is 10.6 Å². The molecule has 0 fully saturated rings. The van der Waals surface area contributed by atoms with Crippen molar-refractivity contribution < 1.29 is 4.92 Å². The summed E-state index contributed by atoms with van der Waals surface area (Å²) in [4.78, 5) is 16.1. The Balaban J connectivity index is 2.19. The zero-order chi connectivity index (χ0) is 14.5. The summed E-state index contributed by atoms with van der Waals surface area (Å²) >= 11 is 0. The van der Waals surface area contributed by atoms with Gasteiger partial charge in [0.2, 0.25) is 5.96 Å². The Morgan fingerprint density at radius 1 is 1.15 bits per heavy atom. The van der Waals surface area contributed by atoms with Crippen molar-refractivity contribution in [1.82, 2.24) is 0 Å². The molecule has 0 radical (unpaired) electrons. The second-order valence-electron chi connectivity index (χ2n) is 4.14. The maximum Gasteiger partial charge on any atom is 0.269 e. The molecule has 2 N–H and O–H groups in total. The first-order chi connectivity index (χ1) is 9.58. The van der Waals surface area contributed by atoms with E-state index in [2.05, 4.69) is 4.99 Å². The molecule has 0 aromatic heterocycles. The van der Waals surface area contributed by atoms with Crippen molar-refractivity contribution >= 4 is 23.0 Å². The van der Waals surface area contributed by atoms with Crippen molar-refractivity contribution in [2.75, 3.05) is 11.9 Å². The molecule has 0 heterocycles. The van der Waals surface area contributed by atoms with Crippen LogP contribution in [0.4, 0.5) is 17.1 Å². The van der Waals surface area contributed by atoms with Crippen LogP contribution in [0.1, 0.15) is 0 Å². The molecule has 0 bridgehead atoms. The monoisotopic (exact) mass is 270 g/mol. The van der Waals surface area contributed by atoms with E-state index in [1.807, 2.05) is 30.3 Å². The predicted octanol–water partition coefficient (Wildman–Crippen LogP) is 2.68. The molecule has 0 aliphatic heterocycles. The van der Waals surface area contributed by atoms with Gasteiger partial charge in [-0.25, -0.2) is 4.99 Å². The molecule has 0 aliphatic carbocycles. The first-order valence-electron chi connectivity index (χ1n) is 5.95. The molecule has 2 aromatic carbocycles. The van der Waals surface area contributed by atoms with Crippen LogP contribution >= 0.6 is 0 Å². The van der Waals surface area contributed by atoms with Crippen LogP contribution in [-0.2, 0) is 0 Å². The number of guanidine groups is 1. The van der Waals surface area contributed by atoms with Gasteiger partial charge in [0.15, 0.2) is 0 Å². The Morgan fingerprint density at radius 3 is 2.30 bits per heavy atom. The van der Waals surface area contributed by atoms with E-state index < -0.39 is 4.92 Å². The molecule has 20 heavy (non-hydrogen) atoms. The smallest absolute Gasteiger partial charge is 0.269 e. The van der Waals surface area contributed by atoms with E-state index in [0.29, 0.717) is 11.6 Å². The van der Waals surface area contributed by atoms with Gasteiger partial charge in [-0.3, -0.25) is 10.1 Å². The fraction of sp³-hybridized carbons (Fsp3) is 0.0714. The van der Waals surface area contributed by atoms with Crippen LogP contribution in [0, 0.1) is 10.1 Å². The number of anilines is 1. The number of aliphatic imine (C=N–C) groups is 1. The van der Waals surface area contributed by atoms with Crippen molar-refractivity contribution in [3.63, 3.8) is 0 Å². The fourth-order valence-corrected chi connectivity index (χ4v) is 1.64. The van der Waals surface area contributed by atoms with Gasteiger partial charge in [-0.1, -0.05) is 18.2 Å². The van der Waals surface area contributed by atoms with E-state index in [-0.39, 0.29) is 5.69 Å². The molecule has 0 unspecified atom stereocenters. The molecule has 0 amide bonds. The molecule has 0 atom stereocenters. The highest BCUT2D eigenvalue weighted by Crippen LogP contribution is 2.19. The number of nitrogens with two attached hydrogens (primary N) is 1. The van der Waals surface area contributed by atoms with Gasteiger partial charge in [0, 0.05) is 24.9 Å². The summed E-state index contributed by atoms with van der Waals surface area (Å²) in [5, 5.41) is 10.6. The molecule has 0 spiro atoms. The third kappa shape index (κ3) is 3.11. The summed E-state index contributed by atoms with van der Waals surface area (Å²) in [6.45, 7) is 0. The Morgan fingerprint density at radius 2 is 1.75 bits per heavy atom. The largest absolute Gasteiger partial charge is 0.369 e. The number of nitrogens with zero attached hydrogens (tertiary/aromatic N) is 3. The minimum Gasteiger partial charge on any atom is -0.369 e. The van der Waals surface area contributed by atoms with Gasteiger partial charge in [0.25, 0.3) is 5.69 Å². The van der Waals surface area contributed by atoms with E-state index >= 15 is 0 Å². The normalized spacial score (nSPS) is 11.2. The maximum absolute atomic E-state index is 10.6. The predicted molar refractivity (Wildman–Crippen MR) is 79.2 cm³/mol. The molecule has 0 saturated carbocycles. The first kappa shape index (κ1) is 13.5. The van der Waals surface area contributed by atoms with Crippen LogP contribution in [0.3, 0.4) is 0 Å². The molecule has 2 aromatic rings. The second-order valence-corrected chi connectivity index (χ2v) is 4.14. The number of hydrogen-bond donors (Lipinski definition) is 1. The lowest BCUT2D eigenvalue weighted by molar-refractivity contribution is -0.384. The van der Waals surface area contributed by atoms with Crippen molar-refractivity contribution in [3.8, 4) is 0 Å². The lowest BCUT2D eigenvalue weighted by Crippen LogP contribution is -2.33. The standard InChI is InChI=1S/C14H14N4O2/c1-17(12-5-3-2-4-6-12)14(15)16-11-7-9-13(10-8-11)18(19)20/h2-10H,1H3,(H2,15,16). The fourth-order valence-electron chi connectivity index (χ4n) is 1.64. The lowest BCUT2D eigenvalue weighted by atomic mass is 10.3. The van der Waals surface area contributed by atoms with Gasteiger partial charge in [-0.05, 0) is 24.3 Å². The summed E-state index contributed by atoms with van der Waals surface area (Å²) < 4.78 is 0. The average Bonchev–Trinajstić information content (AvgIpc) is 2.48. The molecule has 6 nitrogen and oxygen atoms in total. The van der Waals surface area contributed by atoms with Crippen LogP contribution in [0.15, 0.2) is 59.6 Å². The van der Waals surface area contributed by atoms with Crippen LogP contribution in [0.25, 0.3) is 0 Å². The zero-order valence-electron chi connectivity index (χ0n) is 10.9. The van der Waals surface area contributed by atoms with Gasteiger partial charge in [-0.15, -0.1) is 0 Å². The van der Waals surface area contributed by atoms with E-state index in [1.165, 1.54) is 12.1 Å². The van der Waals surface area contributed by atoms with Crippen LogP contribution < -0.4 is 10.6 Å². The topological polar surface area (TPSA) is 84.8 Å². The van der Waals surface area contributed by atoms with Gasteiger partial charge in [-0.2, -0.15) is 0 Å². The quantitative estimate of drug-likeness (QED) is 0.402. The molecule has 6 heteroatoms. The minimum absolute atomic E-state index is 0.0268. The molecule has 0 aliphatic rings. The molecular weight excluding hydrogens is 256 g/mol. The Kier molecular flexibility index (Phi) is 3.95. The Bertz CT molecular complexity index is 623. The third-order valence-corrected chi connectivity index (χ3v) is 2.79. The summed E-state index contributed by atoms with van der Waals surface area (Å²) in [5.41, 5.74) is 7.43. The number of nitro groups is 1. The number of rotatable bonds is 3. The summed E-state index contributed by atoms with van der Waals surface area (Å²) in [6.07, 6.45) is 0. The highest BCUT2D eigenvalue weighted by molar-refractivity contribution is 5.95. The number of non-ortho nitro benzene ring substituents is 1. The Labute approximate surface area is 116 Å². The van der Waals surface area contributed by atoms with Crippen molar-refractivity contribution in [1.29, 1.82) is 0 Å². The lowest BCUT2D eigenvalue weighted by Gasteiger charge is -2.17. The minimum atomic E-state index is -0.451. The molecule has 2 rings (SSSR count). The average molecular weight is 270 g/mol. The first-order valence-corrected chi connectivity index (χ1v) is 5.95. The van der Waals surface area contributed by atoms with Gasteiger partial charge < -0.3 is 10.6 Å². The maximum atomic E-state index is 10.6. The third-order valence-electron chi connectivity index (χ3n) is 2.79. The molecular formula is C14H14N4O2. The summed E-state index contributed by atoms with van der Waals surface area (Å²) in [6, 6.07) is 15.5. The summed E-state index contributed by atoms with van der Waals surface area (Å²) in [5.74, 6) is 0.310. The van der Waals surface area contributed by atoms with Crippen molar-refractivity contribution in [3.05, 3.63) is 64.7 Å². The van der Waals surface area contributed by atoms with Gasteiger partial charge >= 0.3 is 0 Å². The van der Waals surface area contributed by atoms with E-state index in [1.54, 1.807) is 24.1 Å². The van der Waals surface area contributed by atoms with Crippen molar-refractivity contribution in [2.24, 2.45) is 10.7 Å². The zero-order valence-corrected chi connectivity index (χ0v) is 10.9. The number of benzene rings is 2. The number of hydrogen-bond acceptors (Lipinski definition) is 3.